The summed E-state index contributed by atoms with van der Waals surface area (Å²) in [5, 5.41) is 0. The molecule has 2 heteroatoms. The maximum Gasteiger partial charge on any atom is 0.140 e. The highest BCUT2D eigenvalue weighted by atomic mass is 15.1. The van der Waals surface area contributed by atoms with Crippen molar-refractivity contribution in [3.8, 4) is 22.6 Å². The smallest absolute Gasteiger partial charge is 0.140 e. The number of rotatable bonds is 3. The molecule has 0 spiro atoms. The lowest BCUT2D eigenvalue weighted by Crippen LogP contribution is -1.95. The Bertz CT molecular complexity index is 654. The number of hydrogen-bond acceptors (Lipinski definition) is 1. The first kappa shape index (κ1) is 11.7. The average molecular weight is 248 g/mol. The second kappa shape index (κ2) is 5.11. The lowest BCUT2D eigenvalue weighted by molar-refractivity contribution is 0.771. The van der Waals surface area contributed by atoms with Gasteiger partial charge in [-0.1, -0.05) is 60.7 Å². The quantitative estimate of drug-likeness (QED) is 0.678. The molecule has 2 nitrogen and oxygen atoms in total. The second-order valence-electron chi connectivity index (χ2n) is 4.47. The SMILES string of the molecule is CCn1cc(-c2ccccc2)nc1-c1ccccc1. The summed E-state index contributed by atoms with van der Waals surface area (Å²) in [6.45, 7) is 3.06. The van der Waals surface area contributed by atoms with Gasteiger partial charge in [-0.3, -0.25) is 0 Å². The molecule has 0 aliphatic heterocycles. The van der Waals surface area contributed by atoms with Crippen LogP contribution in [-0.2, 0) is 6.54 Å². The minimum atomic E-state index is 0.921. The van der Waals surface area contributed by atoms with Crippen LogP contribution in [-0.4, -0.2) is 9.55 Å². The summed E-state index contributed by atoms with van der Waals surface area (Å²) in [5.41, 5.74) is 3.35. The predicted molar refractivity (Wildman–Crippen MR) is 78.8 cm³/mol. The second-order valence-corrected chi connectivity index (χ2v) is 4.47. The Labute approximate surface area is 113 Å². The van der Waals surface area contributed by atoms with E-state index >= 15 is 0 Å². The van der Waals surface area contributed by atoms with Gasteiger partial charge in [0.15, 0.2) is 0 Å². The molecular formula is C17H16N2. The molecule has 0 aliphatic carbocycles. The highest BCUT2D eigenvalue weighted by molar-refractivity contribution is 5.64. The lowest BCUT2D eigenvalue weighted by atomic mass is 10.2. The number of nitrogens with zero attached hydrogens (tertiary/aromatic N) is 2. The van der Waals surface area contributed by atoms with Gasteiger partial charge in [-0.15, -0.1) is 0 Å². The molecule has 0 saturated heterocycles. The van der Waals surface area contributed by atoms with Gasteiger partial charge in [0, 0.05) is 23.9 Å². The average Bonchev–Trinajstić information content (AvgIpc) is 2.93. The van der Waals surface area contributed by atoms with Gasteiger partial charge in [0.05, 0.1) is 5.69 Å². The van der Waals surface area contributed by atoms with Crippen molar-refractivity contribution in [2.75, 3.05) is 0 Å². The highest BCUT2D eigenvalue weighted by Gasteiger charge is 2.09. The molecule has 0 N–H and O–H groups in total. The van der Waals surface area contributed by atoms with E-state index in [1.807, 2.05) is 36.4 Å². The minimum absolute atomic E-state index is 0.921. The summed E-state index contributed by atoms with van der Waals surface area (Å²) in [5.74, 6) is 1.03. The Morgan fingerprint density at radius 3 is 2.00 bits per heavy atom. The van der Waals surface area contributed by atoms with E-state index in [-0.39, 0.29) is 0 Å². The Balaban J connectivity index is 2.09. The molecule has 19 heavy (non-hydrogen) atoms. The third-order valence-electron chi connectivity index (χ3n) is 3.22. The van der Waals surface area contributed by atoms with Gasteiger partial charge in [-0.2, -0.15) is 0 Å². The van der Waals surface area contributed by atoms with Crippen molar-refractivity contribution in [1.82, 2.24) is 9.55 Å². The van der Waals surface area contributed by atoms with Crippen LogP contribution in [0.2, 0.25) is 0 Å². The topological polar surface area (TPSA) is 17.8 Å². The fraction of sp³-hybridized carbons (Fsp3) is 0.118. The lowest BCUT2D eigenvalue weighted by Gasteiger charge is -2.03. The number of aryl methyl sites for hydroxylation is 1. The van der Waals surface area contributed by atoms with Crippen LogP contribution in [0.25, 0.3) is 22.6 Å². The molecule has 0 saturated carbocycles. The standard InChI is InChI=1S/C17H16N2/c1-2-19-13-16(14-9-5-3-6-10-14)18-17(19)15-11-7-4-8-12-15/h3-13H,2H2,1H3. The van der Waals surface area contributed by atoms with E-state index in [0.29, 0.717) is 0 Å². The number of hydrogen-bond donors (Lipinski definition) is 0. The van der Waals surface area contributed by atoms with Crippen LogP contribution >= 0.6 is 0 Å². The normalized spacial score (nSPS) is 10.6. The summed E-state index contributed by atoms with van der Waals surface area (Å²) in [6.07, 6.45) is 2.12. The Hall–Kier alpha value is -2.35. The highest BCUT2D eigenvalue weighted by Crippen LogP contribution is 2.24. The van der Waals surface area contributed by atoms with E-state index in [9.17, 15) is 0 Å². The minimum Gasteiger partial charge on any atom is -0.331 e. The molecule has 0 radical (unpaired) electrons. The molecule has 3 aromatic rings. The molecule has 0 fully saturated rings. The van der Waals surface area contributed by atoms with Crippen molar-refractivity contribution in [2.45, 2.75) is 13.5 Å². The largest absolute Gasteiger partial charge is 0.331 e. The van der Waals surface area contributed by atoms with E-state index in [4.69, 9.17) is 4.98 Å². The molecule has 0 unspecified atom stereocenters. The van der Waals surface area contributed by atoms with E-state index in [1.54, 1.807) is 0 Å². The van der Waals surface area contributed by atoms with Crippen molar-refractivity contribution >= 4 is 0 Å². The van der Waals surface area contributed by atoms with Crippen LogP contribution in [0.15, 0.2) is 66.9 Å². The van der Waals surface area contributed by atoms with Crippen LogP contribution in [0, 0.1) is 0 Å². The zero-order valence-electron chi connectivity index (χ0n) is 11.0. The first-order chi connectivity index (χ1) is 9.38. The van der Waals surface area contributed by atoms with Crippen molar-refractivity contribution in [3.05, 3.63) is 66.9 Å². The summed E-state index contributed by atoms with van der Waals surface area (Å²) < 4.78 is 2.19. The zero-order chi connectivity index (χ0) is 13.1. The van der Waals surface area contributed by atoms with Crippen molar-refractivity contribution in [3.63, 3.8) is 0 Å². The van der Waals surface area contributed by atoms with Crippen molar-refractivity contribution < 1.29 is 0 Å². The van der Waals surface area contributed by atoms with Crippen LogP contribution in [0.5, 0.6) is 0 Å². The number of imidazole rings is 1. The maximum absolute atomic E-state index is 4.78. The van der Waals surface area contributed by atoms with Crippen LogP contribution < -0.4 is 0 Å². The van der Waals surface area contributed by atoms with Gasteiger partial charge >= 0.3 is 0 Å². The summed E-state index contributed by atoms with van der Waals surface area (Å²) in [6, 6.07) is 20.6. The Kier molecular flexibility index (Phi) is 3.15. The summed E-state index contributed by atoms with van der Waals surface area (Å²) >= 11 is 0. The van der Waals surface area contributed by atoms with Crippen LogP contribution in [0.4, 0.5) is 0 Å². The molecular weight excluding hydrogens is 232 g/mol. The molecule has 2 aromatic carbocycles. The molecule has 0 atom stereocenters. The first-order valence-electron chi connectivity index (χ1n) is 6.56. The molecule has 0 amide bonds. The van der Waals surface area contributed by atoms with E-state index < -0.39 is 0 Å². The van der Waals surface area contributed by atoms with Gasteiger partial charge in [0.2, 0.25) is 0 Å². The van der Waals surface area contributed by atoms with Gasteiger partial charge in [-0.05, 0) is 6.92 Å². The molecule has 1 aromatic heterocycles. The van der Waals surface area contributed by atoms with Gasteiger partial charge < -0.3 is 4.57 Å². The molecule has 3 rings (SSSR count). The van der Waals surface area contributed by atoms with Gasteiger partial charge in [0.1, 0.15) is 5.82 Å². The number of benzene rings is 2. The van der Waals surface area contributed by atoms with Gasteiger partial charge in [0.25, 0.3) is 0 Å². The zero-order valence-corrected chi connectivity index (χ0v) is 11.0. The molecule has 0 bridgehead atoms. The molecule has 0 aliphatic rings. The van der Waals surface area contributed by atoms with E-state index in [2.05, 4.69) is 42.0 Å². The Morgan fingerprint density at radius 2 is 1.42 bits per heavy atom. The predicted octanol–water partition coefficient (Wildman–Crippen LogP) is 4.24. The van der Waals surface area contributed by atoms with Crippen molar-refractivity contribution in [1.29, 1.82) is 0 Å². The molecule has 1 heterocycles. The fourth-order valence-electron chi connectivity index (χ4n) is 2.22. The van der Waals surface area contributed by atoms with E-state index in [1.165, 1.54) is 0 Å². The Morgan fingerprint density at radius 1 is 0.842 bits per heavy atom. The summed E-state index contributed by atoms with van der Waals surface area (Å²) in [4.78, 5) is 4.78. The third-order valence-corrected chi connectivity index (χ3v) is 3.22. The van der Waals surface area contributed by atoms with Crippen molar-refractivity contribution in [2.24, 2.45) is 0 Å². The number of aromatic nitrogens is 2. The van der Waals surface area contributed by atoms with Gasteiger partial charge in [-0.25, -0.2) is 4.98 Å². The maximum atomic E-state index is 4.78. The monoisotopic (exact) mass is 248 g/mol. The van der Waals surface area contributed by atoms with Crippen LogP contribution in [0.3, 0.4) is 0 Å². The fourth-order valence-corrected chi connectivity index (χ4v) is 2.22. The molecule has 94 valence electrons. The first-order valence-corrected chi connectivity index (χ1v) is 6.56. The van der Waals surface area contributed by atoms with E-state index in [0.717, 1.165) is 29.2 Å². The summed E-state index contributed by atoms with van der Waals surface area (Å²) in [7, 11) is 0. The third kappa shape index (κ3) is 2.29. The van der Waals surface area contributed by atoms with Crippen LogP contribution in [0.1, 0.15) is 6.92 Å².